The van der Waals surface area contributed by atoms with Gasteiger partial charge in [0.1, 0.15) is 17.1 Å². The van der Waals surface area contributed by atoms with Gasteiger partial charge in [0.15, 0.2) is 5.78 Å². The van der Waals surface area contributed by atoms with Crippen molar-refractivity contribution in [3.8, 4) is 0 Å². The Balaban J connectivity index is 0.847. The highest BCUT2D eigenvalue weighted by Gasteiger charge is 2.37. The maximum absolute atomic E-state index is 16.2. The number of carbonyl (C=O) groups is 3. The Kier molecular flexibility index (Phi) is 10.2. The number of likely N-dealkylation sites (tertiary alicyclic amines) is 1. The first-order chi connectivity index (χ1) is 26.5. The number of imide groups is 1. The summed E-state index contributed by atoms with van der Waals surface area (Å²) >= 11 is 0. The maximum atomic E-state index is 16.2. The summed E-state index contributed by atoms with van der Waals surface area (Å²) in [4.78, 5) is 68.2. The van der Waals surface area contributed by atoms with Crippen LogP contribution in [0, 0.1) is 6.92 Å². The van der Waals surface area contributed by atoms with Crippen LogP contribution < -0.4 is 21.1 Å². The SMILES string of the molecule is CC(=O)c1c(C)c2cnc(Nc3ccc(N4CCC(F)(CN5CCC(c6ccc(C7CCC(=O)NC7=O)cc6)CC5)CC4)cn3)nc2n(C2CCCC2)c1=O. The first kappa shape index (κ1) is 36.9. The molecule has 4 fully saturated rings. The van der Waals surface area contributed by atoms with E-state index in [0.717, 1.165) is 62.9 Å². The van der Waals surface area contributed by atoms with E-state index in [2.05, 4.69) is 42.5 Å². The van der Waals surface area contributed by atoms with Gasteiger partial charge in [0.25, 0.3) is 5.56 Å². The minimum Gasteiger partial charge on any atom is -0.370 e. The fraction of sp³-hybridized carbons (Fsp3) is 0.500. The maximum Gasteiger partial charge on any atom is 0.263 e. The third-order valence-electron chi connectivity index (χ3n) is 12.4. The summed E-state index contributed by atoms with van der Waals surface area (Å²) in [6.45, 7) is 6.57. The zero-order valence-electron chi connectivity index (χ0n) is 31.7. The molecular formula is C42H49FN8O4. The van der Waals surface area contributed by atoms with Gasteiger partial charge in [-0.2, -0.15) is 4.98 Å². The van der Waals surface area contributed by atoms with Crippen molar-refractivity contribution in [2.75, 3.05) is 42.9 Å². The van der Waals surface area contributed by atoms with Crippen LogP contribution in [0.5, 0.6) is 0 Å². The molecule has 2 amide bonds. The Bertz CT molecular complexity index is 2150. The van der Waals surface area contributed by atoms with E-state index < -0.39 is 5.67 Å². The Morgan fingerprint density at radius 1 is 0.909 bits per heavy atom. The number of hydrogen-bond acceptors (Lipinski definition) is 10. The number of fused-ring (bicyclic) bond motifs is 1. The van der Waals surface area contributed by atoms with Crippen LogP contribution in [-0.4, -0.2) is 80.4 Å². The van der Waals surface area contributed by atoms with Crippen molar-refractivity contribution < 1.29 is 18.8 Å². The first-order valence-electron chi connectivity index (χ1n) is 19.8. The number of nitrogens with one attached hydrogen (secondary N) is 2. The van der Waals surface area contributed by atoms with Gasteiger partial charge in [0.05, 0.1) is 23.4 Å². The van der Waals surface area contributed by atoms with E-state index in [9.17, 15) is 19.2 Å². The molecule has 1 saturated carbocycles. The van der Waals surface area contributed by atoms with Crippen LogP contribution in [-0.2, 0) is 9.59 Å². The lowest BCUT2D eigenvalue weighted by molar-refractivity contribution is -0.134. The zero-order chi connectivity index (χ0) is 38.3. The van der Waals surface area contributed by atoms with E-state index in [0.29, 0.717) is 79.6 Å². The molecule has 0 spiro atoms. The number of amides is 2. The number of halogens is 1. The van der Waals surface area contributed by atoms with Crippen LogP contribution in [0.2, 0.25) is 0 Å². The second-order valence-corrected chi connectivity index (χ2v) is 16.0. The standard InChI is InChI=1S/C42H49FN8O4/c1-26-34-24-45-41(48-38(34)51(31-5-3-4-6-31)40(55)37(26)27(2)52)46-35-13-11-32(23-44-35)50-21-17-42(43,18-22-50)25-49-19-15-29(16-20-49)28-7-9-30(10-8-28)33-12-14-36(53)47-39(33)54/h7-11,13,23-24,29,31,33H,3-6,12,14-22,25H2,1-2H3,(H,47,53,54)(H,44,45,46,48). The van der Waals surface area contributed by atoms with Crippen LogP contribution in [0.1, 0.15) is 116 Å². The van der Waals surface area contributed by atoms with Crippen molar-refractivity contribution in [1.29, 1.82) is 0 Å². The van der Waals surface area contributed by atoms with E-state index in [1.54, 1.807) is 23.9 Å². The predicted molar refractivity (Wildman–Crippen MR) is 209 cm³/mol. The van der Waals surface area contributed by atoms with Gasteiger partial charge in [0, 0.05) is 56.5 Å². The number of aromatic nitrogens is 4. The zero-order valence-corrected chi connectivity index (χ0v) is 31.7. The lowest BCUT2D eigenvalue weighted by atomic mass is 9.85. The number of pyridine rings is 2. The number of Topliss-reactive ketones (excluding diaryl/α,β-unsaturated/α-hetero) is 1. The number of carbonyl (C=O) groups excluding carboxylic acids is 3. The summed E-state index contributed by atoms with van der Waals surface area (Å²) in [6.07, 6.45) is 11.0. The van der Waals surface area contributed by atoms with Gasteiger partial charge < -0.3 is 15.1 Å². The predicted octanol–water partition coefficient (Wildman–Crippen LogP) is 6.26. The van der Waals surface area contributed by atoms with Crippen molar-refractivity contribution >= 4 is 46.1 Å². The molecule has 1 unspecified atom stereocenters. The smallest absolute Gasteiger partial charge is 0.263 e. The third-order valence-corrected chi connectivity index (χ3v) is 12.4. The van der Waals surface area contributed by atoms with Gasteiger partial charge in [-0.25, -0.2) is 14.4 Å². The highest BCUT2D eigenvalue weighted by Crippen LogP contribution is 2.36. The molecule has 12 nitrogen and oxygen atoms in total. The van der Waals surface area contributed by atoms with Crippen LogP contribution in [0.15, 0.2) is 53.6 Å². The summed E-state index contributed by atoms with van der Waals surface area (Å²) in [5, 5.41) is 6.33. The molecule has 3 saturated heterocycles. The normalized spacial score (nSPS) is 21.2. The molecule has 2 N–H and O–H groups in total. The van der Waals surface area contributed by atoms with E-state index in [1.807, 2.05) is 24.3 Å². The average molecular weight is 749 g/mol. The van der Waals surface area contributed by atoms with Crippen molar-refractivity contribution in [3.05, 3.63) is 81.4 Å². The summed E-state index contributed by atoms with van der Waals surface area (Å²) in [5.74, 6) is 0.347. The van der Waals surface area contributed by atoms with Gasteiger partial charge in [-0.1, -0.05) is 37.1 Å². The highest BCUT2D eigenvalue weighted by atomic mass is 19.1. The molecule has 3 aliphatic heterocycles. The molecule has 55 heavy (non-hydrogen) atoms. The molecule has 1 aromatic carbocycles. The van der Waals surface area contributed by atoms with E-state index >= 15 is 4.39 Å². The number of rotatable bonds is 9. The van der Waals surface area contributed by atoms with Crippen molar-refractivity contribution in [2.24, 2.45) is 0 Å². The van der Waals surface area contributed by atoms with Gasteiger partial charge in [-0.15, -0.1) is 0 Å². The molecule has 0 bridgehead atoms. The van der Waals surface area contributed by atoms with E-state index in [4.69, 9.17) is 4.98 Å². The molecular weight excluding hydrogens is 700 g/mol. The number of alkyl halides is 1. The van der Waals surface area contributed by atoms with Crippen LogP contribution in [0.4, 0.5) is 21.8 Å². The molecule has 13 heteroatoms. The first-order valence-corrected chi connectivity index (χ1v) is 19.8. The fourth-order valence-corrected chi connectivity index (χ4v) is 9.23. The quantitative estimate of drug-likeness (QED) is 0.149. The number of hydrogen-bond donors (Lipinski definition) is 2. The lowest BCUT2D eigenvalue weighted by Crippen LogP contribution is -2.49. The lowest BCUT2D eigenvalue weighted by Gasteiger charge is -2.41. The molecule has 4 aliphatic rings. The number of anilines is 3. The van der Waals surface area contributed by atoms with Gasteiger partial charge in [-0.3, -0.25) is 29.1 Å². The van der Waals surface area contributed by atoms with Gasteiger partial charge in [-0.05, 0) is 93.8 Å². The average Bonchev–Trinajstić information content (AvgIpc) is 3.70. The van der Waals surface area contributed by atoms with Crippen molar-refractivity contribution in [2.45, 2.75) is 102 Å². The number of aryl methyl sites for hydroxylation is 1. The van der Waals surface area contributed by atoms with Gasteiger partial charge >= 0.3 is 0 Å². The minimum absolute atomic E-state index is 0.00126. The van der Waals surface area contributed by atoms with Crippen LogP contribution in [0.3, 0.4) is 0 Å². The van der Waals surface area contributed by atoms with Crippen molar-refractivity contribution in [3.63, 3.8) is 0 Å². The number of piperidine rings is 3. The Labute approximate surface area is 319 Å². The fourth-order valence-electron chi connectivity index (χ4n) is 9.23. The number of ketones is 1. The highest BCUT2D eigenvalue weighted by molar-refractivity contribution is 6.01. The van der Waals surface area contributed by atoms with E-state index in [1.165, 1.54) is 12.5 Å². The number of nitrogens with zero attached hydrogens (tertiary/aromatic N) is 6. The topological polar surface area (TPSA) is 142 Å². The second kappa shape index (κ2) is 15.2. The van der Waals surface area contributed by atoms with Gasteiger partial charge in [0.2, 0.25) is 17.8 Å². The summed E-state index contributed by atoms with van der Waals surface area (Å²) in [6, 6.07) is 12.1. The van der Waals surface area contributed by atoms with Crippen molar-refractivity contribution in [1.82, 2.24) is 29.7 Å². The molecule has 6 heterocycles. The number of benzene rings is 1. The molecule has 4 aromatic rings. The molecule has 1 atom stereocenters. The second-order valence-electron chi connectivity index (χ2n) is 16.0. The molecule has 3 aromatic heterocycles. The third kappa shape index (κ3) is 7.63. The van der Waals surface area contributed by atoms with Crippen LogP contribution >= 0.6 is 0 Å². The largest absolute Gasteiger partial charge is 0.370 e. The summed E-state index contributed by atoms with van der Waals surface area (Å²) in [7, 11) is 0. The monoisotopic (exact) mass is 748 g/mol. The minimum atomic E-state index is -1.24. The molecule has 0 radical (unpaired) electrons. The molecule has 8 rings (SSSR count). The van der Waals surface area contributed by atoms with E-state index in [-0.39, 0.29) is 40.7 Å². The summed E-state index contributed by atoms with van der Waals surface area (Å²) < 4.78 is 17.9. The molecule has 1 aliphatic carbocycles. The van der Waals surface area contributed by atoms with Crippen LogP contribution in [0.25, 0.3) is 11.0 Å². The molecule has 288 valence electrons. The Hall–Kier alpha value is -5.04. The Morgan fingerprint density at radius 2 is 1.62 bits per heavy atom. The summed E-state index contributed by atoms with van der Waals surface area (Å²) in [5.41, 5.74) is 2.95. The Morgan fingerprint density at radius 3 is 2.27 bits per heavy atom.